The lowest BCUT2D eigenvalue weighted by Gasteiger charge is -2.40. The van der Waals surface area contributed by atoms with Crippen LogP contribution in [0, 0.1) is 5.41 Å². The summed E-state index contributed by atoms with van der Waals surface area (Å²) in [5, 5.41) is 6.74. The molecule has 1 aliphatic rings. The van der Waals surface area contributed by atoms with E-state index in [0.29, 0.717) is 5.41 Å². The van der Waals surface area contributed by atoms with Crippen molar-refractivity contribution in [3.05, 3.63) is 12.7 Å². The van der Waals surface area contributed by atoms with Gasteiger partial charge < -0.3 is 15.4 Å². The molecule has 0 heterocycles. The third-order valence-electron chi connectivity index (χ3n) is 3.94. The average molecular weight is 314 g/mol. The molecule has 0 unspecified atom stereocenters. The monoisotopic (exact) mass is 313 g/mol. The number of aliphatic imine (C=N–C) groups is 1. The molecule has 2 N–H and O–H groups in total. The zero-order valence-electron chi connectivity index (χ0n) is 13.6. The minimum Gasteiger partial charge on any atom is -0.385 e. The van der Waals surface area contributed by atoms with Crippen LogP contribution in [-0.2, 0) is 4.74 Å². The van der Waals surface area contributed by atoms with Gasteiger partial charge in [0.05, 0.1) is 0 Å². The Balaban J connectivity index is 2.36. The van der Waals surface area contributed by atoms with Gasteiger partial charge in [-0.2, -0.15) is 11.8 Å². The fraction of sp³-hybridized carbons (Fsp3) is 0.812. The van der Waals surface area contributed by atoms with Gasteiger partial charge in [0.1, 0.15) is 0 Å². The van der Waals surface area contributed by atoms with E-state index in [1.165, 1.54) is 19.3 Å². The van der Waals surface area contributed by atoms with Gasteiger partial charge in [-0.25, -0.2) is 0 Å². The van der Waals surface area contributed by atoms with Crippen LogP contribution < -0.4 is 10.6 Å². The van der Waals surface area contributed by atoms with E-state index in [4.69, 9.17) is 9.73 Å². The summed E-state index contributed by atoms with van der Waals surface area (Å²) in [4.78, 5) is 4.79. The molecule has 0 aromatic carbocycles. The van der Waals surface area contributed by atoms with E-state index in [2.05, 4.69) is 24.1 Å². The number of guanidine groups is 1. The normalized spacial score (nSPS) is 17.1. The lowest BCUT2D eigenvalue weighted by molar-refractivity contribution is 0.0778. The summed E-state index contributed by atoms with van der Waals surface area (Å²) >= 11 is 1.88. The topological polar surface area (TPSA) is 45.7 Å². The van der Waals surface area contributed by atoms with Crippen molar-refractivity contribution in [2.45, 2.75) is 32.6 Å². The number of ether oxygens (including phenoxy) is 1. The van der Waals surface area contributed by atoms with Crippen molar-refractivity contribution in [3.63, 3.8) is 0 Å². The van der Waals surface area contributed by atoms with Crippen molar-refractivity contribution in [2.75, 3.05) is 44.9 Å². The summed E-state index contributed by atoms with van der Waals surface area (Å²) in [6.45, 7) is 9.43. The summed E-state index contributed by atoms with van der Waals surface area (Å²) in [5.41, 5.74) is 0.385. The van der Waals surface area contributed by atoms with E-state index >= 15 is 0 Å². The third-order valence-corrected chi connectivity index (χ3v) is 4.91. The van der Waals surface area contributed by atoms with Crippen LogP contribution >= 0.6 is 11.8 Å². The molecule has 0 bridgehead atoms. The number of hydrogen-bond donors (Lipinski definition) is 2. The molecule has 1 aliphatic carbocycles. The van der Waals surface area contributed by atoms with Crippen molar-refractivity contribution < 1.29 is 4.74 Å². The molecule has 1 fully saturated rings. The fourth-order valence-corrected chi connectivity index (χ4v) is 3.06. The van der Waals surface area contributed by atoms with Crippen molar-refractivity contribution in [2.24, 2.45) is 10.4 Å². The summed E-state index contributed by atoms with van der Waals surface area (Å²) in [6.07, 6.45) is 6.98. The van der Waals surface area contributed by atoms with Gasteiger partial charge in [-0.15, -0.1) is 6.58 Å². The number of nitrogens with one attached hydrogen (secondary N) is 2. The number of thioether (sulfide) groups is 1. The van der Waals surface area contributed by atoms with Crippen LogP contribution in [0.25, 0.3) is 0 Å². The molecular weight excluding hydrogens is 282 g/mol. The summed E-state index contributed by atoms with van der Waals surface area (Å²) in [5.74, 6) is 3.03. The van der Waals surface area contributed by atoms with Crippen LogP contribution in [0.1, 0.15) is 32.6 Å². The molecule has 1 rings (SSSR count). The van der Waals surface area contributed by atoms with Gasteiger partial charge in [0.15, 0.2) is 5.96 Å². The van der Waals surface area contributed by atoms with E-state index in [0.717, 1.165) is 50.1 Å². The van der Waals surface area contributed by atoms with E-state index in [-0.39, 0.29) is 0 Å². The first-order chi connectivity index (χ1) is 10.3. The second-order valence-corrected chi connectivity index (χ2v) is 6.73. The largest absolute Gasteiger partial charge is 0.385 e. The summed E-state index contributed by atoms with van der Waals surface area (Å²) in [7, 11) is 1.78. The van der Waals surface area contributed by atoms with E-state index in [1.807, 2.05) is 17.8 Å². The molecule has 4 nitrogen and oxygen atoms in total. The van der Waals surface area contributed by atoms with Crippen LogP contribution in [-0.4, -0.2) is 50.8 Å². The average Bonchev–Trinajstić information content (AvgIpc) is 2.45. The Morgan fingerprint density at radius 1 is 1.43 bits per heavy atom. The standard InChI is InChI=1S/C16H31N3OS/c1-4-12-21-13-10-18-15(17-5-2)19-14-16(7-6-8-16)9-11-20-3/h4H,1,5-14H2,2-3H3,(H2,17,18,19). The molecule has 21 heavy (non-hydrogen) atoms. The molecule has 1 saturated carbocycles. The van der Waals surface area contributed by atoms with E-state index in [9.17, 15) is 0 Å². The maximum atomic E-state index is 5.24. The van der Waals surface area contributed by atoms with Gasteiger partial charge in [0.25, 0.3) is 0 Å². The molecule has 0 aromatic heterocycles. The maximum absolute atomic E-state index is 5.24. The van der Waals surface area contributed by atoms with Crippen molar-refractivity contribution in [1.82, 2.24) is 10.6 Å². The van der Waals surface area contributed by atoms with Gasteiger partial charge in [0, 0.05) is 44.9 Å². The Kier molecular flexibility index (Phi) is 9.59. The number of methoxy groups -OCH3 is 1. The number of hydrogen-bond acceptors (Lipinski definition) is 3. The highest BCUT2D eigenvalue weighted by Crippen LogP contribution is 2.44. The zero-order valence-corrected chi connectivity index (χ0v) is 14.4. The molecule has 0 aromatic rings. The summed E-state index contributed by atoms with van der Waals surface area (Å²) < 4.78 is 5.24. The van der Waals surface area contributed by atoms with Gasteiger partial charge in [0.2, 0.25) is 0 Å². The Morgan fingerprint density at radius 3 is 2.81 bits per heavy atom. The molecular formula is C16H31N3OS. The lowest BCUT2D eigenvalue weighted by Crippen LogP contribution is -2.41. The van der Waals surface area contributed by atoms with Crippen LogP contribution in [0.5, 0.6) is 0 Å². The van der Waals surface area contributed by atoms with Gasteiger partial charge in [-0.05, 0) is 31.6 Å². The first kappa shape index (κ1) is 18.4. The molecule has 0 amide bonds. The molecule has 0 radical (unpaired) electrons. The number of nitrogens with zero attached hydrogens (tertiary/aromatic N) is 1. The Labute approximate surface area is 134 Å². The molecule has 0 spiro atoms. The Hall–Kier alpha value is -0.680. The van der Waals surface area contributed by atoms with Crippen molar-refractivity contribution >= 4 is 17.7 Å². The van der Waals surface area contributed by atoms with Gasteiger partial charge in [-0.1, -0.05) is 12.5 Å². The predicted molar refractivity (Wildman–Crippen MR) is 94.3 cm³/mol. The smallest absolute Gasteiger partial charge is 0.191 e. The molecule has 5 heteroatoms. The highest BCUT2D eigenvalue weighted by atomic mass is 32.2. The third kappa shape index (κ3) is 7.23. The number of rotatable bonds is 11. The van der Waals surface area contributed by atoms with Crippen LogP contribution in [0.2, 0.25) is 0 Å². The highest BCUT2D eigenvalue weighted by Gasteiger charge is 2.36. The minimum atomic E-state index is 0.385. The van der Waals surface area contributed by atoms with Gasteiger partial charge in [-0.3, -0.25) is 4.99 Å². The zero-order chi connectivity index (χ0) is 15.4. The highest BCUT2D eigenvalue weighted by molar-refractivity contribution is 7.99. The molecule has 0 saturated heterocycles. The first-order valence-corrected chi connectivity index (χ1v) is 9.11. The maximum Gasteiger partial charge on any atom is 0.191 e. The van der Waals surface area contributed by atoms with Crippen molar-refractivity contribution in [3.8, 4) is 0 Å². The first-order valence-electron chi connectivity index (χ1n) is 7.96. The van der Waals surface area contributed by atoms with Crippen molar-refractivity contribution in [1.29, 1.82) is 0 Å². The molecule has 0 aliphatic heterocycles. The Morgan fingerprint density at radius 2 is 2.24 bits per heavy atom. The second kappa shape index (κ2) is 11.0. The lowest BCUT2D eigenvalue weighted by atomic mass is 9.67. The van der Waals surface area contributed by atoms with Crippen LogP contribution in [0.15, 0.2) is 17.6 Å². The SMILES string of the molecule is C=CCSCCNC(=NCC1(CCOC)CCC1)NCC. The quantitative estimate of drug-likeness (QED) is 0.266. The van der Waals surface area contributed by atoms with Crippen LogP contribution in [0.4, 0.5) is 0 Å². The Bertz CT molecular complexity index is 317. The second-order valence-electron chi connectivity index (χ2n) is 5.58. The van der Waals surface area contributed by atoms with E-state index < -0.39 is 0 Å². The fourth-order valence-electron chi connectivity index (χ4n) is 2.48. The van der Waals surface area contributed by atoms with E-state index in [1.54, 1.807) is 7.11 Å². The molecule has 0 atom stereocenters. The minimum absolute atomic E-state index is 0.385. The van der Waals surface area contributed by atoms with Gasteiger partial charge >= 0.3 is 0 Å². The molecule has 122 valence electrons. The van der Waals surface area contributed by atoms with Crippen LogP contribution in [0.3, 0.4) is 0 Å². The predicted octanol–water partition coefficient (Wildman–Crippen LogP) is 2.67. The summed E-state index contributed by atoms with van der Waals surface area (Å²) in [6, 6.07) is 0.